The minimum atomic E-state index is -0.250. The van der Waals surface area contributed by atoms with Gasteiger partial charge in [-0.25, -0.2) is 9.97 Å². The number of hydrogen-bond donors (Lipinski definition) is 2. The molecule has 0 unspecified atom stereocenters. The number of nitrogens with zero attached hydrogens (tertiary/aromatic N) is 4. The summed E-state index contributed by atoms with van der Waals surface area (Å²) in [5.74, 6) is 0.520. The van der Waals surface area contributed by atoms with Crippen molar-refractivity contribution >= 4 is 11.9 Å². The molecule has 1 amide bonds. The first-order valence-corrected chi connectivity index (χ1v) is 8.87. The molecule has 0 bridgehead atoms. The molecule has 27 heavy (non-hydrogen) atoms. The van der Waals surface area contributed by atoms with Gasteiger partial charge >= 0.3 is 0 Å². The number of carbonyl (C=O) groups is 1. The van der Waals surface area contributed by atoms with Crippen molar-refractivity contribution in [2.75, 3.05) is 11.9 Å². The molecule has 1 fully saturated rings. The van der Waals surface area contributed by atoms with E-state index in [-0.39, 0.29) is 11.8 Å². The molecule has 1 heterocycles. The Morgan fingerprint density at radius 3 is 2.59 bits per heavy atom. The zero-order valence-electron chi connectivity index (χ0n) is 14.9. The summed E-state index contributed by atoms with van der Waals surface area (Å²) < 4.78 is 0. The predicted molar refractivity (Wildman–Crippen MR) is 99.2 cm³/mol. The van der Waals surface area contributed by atoms with Gasteiger partial charge in [0.15, 0.2) is 0 Å². The van der Waals surface area contributed by atoms with E-state index in [2.05, 4.69) is 27.4 Å². The minimum absolute atomic E-state index is 0.0487. The number of rotatable bonds is 7. The first kappa shape index (κ1) is 18.3. The summed E-state index contributed by atoms with van der Waals surface area (Å²) in [6, 6.07) is 11.7. The lowest BCUT2D eigenvalue weighted by atomic mass is 9.72. The summed E-state index contributed by atoms with van der Waals surface area (Å²) in [6.45, 7) is 0.643. The van der Waals surface area contributed by atoms with Crippen LogP contribution in [-0.2, 0) is 17.6 Å². The standard InChI is InChI=1S/C20H20N6O/c21-10-14-3-1-13(2-4-14)5-6-24-20-25-12-17(11-22)18(26-20)9-15-7-16(8-15)19(23)27/h1-4,12,15-16H,5-9H2,(H2,23,27)(H,24,25,26). The average molecular weight is 360 g/mol. The normalized spacial score (nSPS) is 18.0. The van der Waals surface area contributed by atoms with Gasteiger partial charge in [0.2, 0.25) is 11.9 Å². The molecule has 3 N–H and O–H groups in total. The maximum atomic E-state index is 11.1. The Kier molecular flexibility index (Phi) is 5.63. The Morgan fingerprint density at radius 1 is 1.22 bits per heavy atom. The zero-order chi connectivity index (χ0) is 19.2. The molecule has 1 aliphatic rings. The van der Waals surface area contributed by atoms with Crippen LogP contribution >= 0.6 is 0 Å². The summed E-state index contributed by atoms with van der Waals surface area (Å²) >= 11 is 0. The Hall–Kier alpha value is -3.45. The number of benzene rings is 1. The monoisotopic (exact) mass is 360 g/mol. The summed E-state index contributed by atoms with van der Waals surface area (Å²) in [4.78, 5) is 19.8. The van der Waals surface area contributed by atoms with E-state index in [1.807, 2.05) is 12.1 Å². The molecule has 1 aliphatic carbocycles. The van der Waals surface area contributed by atoms with E-state index >= 15 is 0 Å². The maximum Gasteiger partial charge on any atom is 0.222 e. The van der Waals surface area contributed by atoms with Crippen molar-refractivity contribution in [3.05, 3.63) is 52.8 Å². The van der Waals surface area contributed by atoms with Gasteiger partial charge in [-0.05, 0) is 49.3 Å². The lowest BCUT2D eigenvalue weighted by molar-refractivity contribution is -0.125. The van der Waals surface area contributed by atoms with Crippen molar-refractivity contribution < 1.29 is 4.79 Å². The van der Waals surface area contributed by atoms with Crippen LogP contribution in [0.2, 0.25) is 0 Å². The molecule has 7 nitrogen and oxygen atoms in total. The summed E-state index contributed by atoms with van der Waals surface area (Å²) in [5, 5.41) is 21.3. The predicted octanol–water partition coefficient (Wildman–Crippen LogP) is 1.93. The van der Waals surface area contributed by atoms with Crippen molar-refractivity contribution in [3.63, 3.8) is 0 Å². The maximum absolute atomic E-state index is 11.1. The smallest absolute Gasteiger partial charge is 0.222 e. The van der Waals surface area contributed by atoms with Gasteiger partial charge in [0.1, 0.15) is 6.07 Å². The number of hydrogen-bond acceptors (Lipinski definition) is 6. The van der Waals surface area contributed by atoms with E-state index in [1.54, 1.807) is 12.1 Å². The first-order chi connectivity index (χ1) is 13.1. The number of nitrogens with two attached hydrogens (primary N) is 1. The van der Waals surface area contributed by atoms with Crippen LogP contribution in [0.25, 0.3) is 0 Å². The van der Waals surface area contributed by atoms with E-state index < -0.39 is 0 Å². The van der Waals surface area contributed by atoms with Crippen LogP contribution in [-0.4, -0.2) is 22.4 Å². The number of nitriles is 2. The van der Waals surface area contributed by atoms with Crippen molar-refractivity contribution in [1.29, 1.82) is 10.5 Å². The number of nitrogens with one attached hydrogen (secondary N) is 1. The van der Waals surface area contributed by atoms with Crippen molar-refractivity contribution in [2.24, 2.45) is 17.6 Å². The van der Waals surface area contributed by atoms with Crippen molar-refractivity contribution in [1.82, 2.24) is 9.97 Å². The van der Waals surface area contributed by atoms with Crippen LogP contribution in [0.1, 0.15) is 35.2 Å². The fourth-order valence-electron chi connectivity index (χ4n) is 3.22. The molecular weight excluding hydrogens is 340 g/mol. The Balaban J connectivity index is 1.57. The van der Waals surface area contributed by atoms with E-state index in [9.17, 15) is 10.1 Å². The third-order valence-corrected chi connectivity index (χ3v) is 4.89. The van der Waals surface area contributed by atoms with Gasteiger partial charge in [-0.15, -0.1) is 0 Å². The summed E-state index contributed by atoms with van der Waals surface area (Å²) in [6.07, 6.45) is 4.47. The number of anilines is 1. The second-order valence-electron chi connectivity index (χ2n) is 6.79. The van der Waals surface area contributed by atoms with Crippen LogP contribution in [0.15, 0.2) is 30.5 Å². The van der Waals surface area contributed by atoms with E-state index in [0.29, 0.717) is 41.7 Å². The molecule has 136 valence electrons. The fourth-order valence-corrected chi connectivity index (χ4v) is 3.22. The Bertz CT molecular complexity index is 904. The molecular formula is C20H20N6O. The van der Waals surface area contributed by atoms with Gasteiger partial charge in [0, 0.05) is 12.5 Å². The molecule has 1 saturated carbocycles. The molecule has 0 radical (unpaired) electrons. The number of aromatic nitrogens is 2. The van der Waals surface area contributed by atoms with Crippen LogP contribution in [0.3, 0.4) is 0 Å². The van der Waals surface area contributed by atoms with Gasteiger partial charge in [0.05, 0.1) is 29.1 Å². The summed E-state index contributed by atoms with van der Waals surface area (Å²) in [7, 11) is 0. The highest BCUT2D eigenvalue weighted by Gasteiger charge is 2.33. The minimum Gasteiger partial charge on any atom is -0.369 e. The van der Waals surface area contributed by atoms with Crippen molar-refractivity contribution in [2.45, 2.75) is 25.7 Å². The quantitative estimate of drug-likeness (QED) is 0.776. The van der Waals surface area contributed by atoms with Crippen LogP contribution in [0, 0.1) is 34.5 Å². The largest absolute Gasteiger partial charge is 0.369 e. The van der Waals surface area contributed by atoms with Gasteiger partial charge in [-0.2, -0.15) is 10.5 Å². The molecule has 3 rings (SSSR count). The Morgan fingerprint density at radius 2 is 1.96 bits per heavy atom. The lowest BCUT2D eigenvalue weighted by Crippen LogP contribution is -2.36. The second kappa shape index (κ2) is 8.29. The van der Waals surface area contributed by atoms with Gasteiger partial charge in [0.25, 0.3) is 0 Å². The highest BCUT2D eigenvalue weighted by atomic mass is 16.1. The summed E-state index contributed by atoms with van der Waals surface area (Å²) in [5.41, 5.74) is 8.24. The van der Waals surface area contributed by atoms with Gasteiger partial charge in [-0.3, -0.25) is 4.79 Å². The highest BCUT2D eigenvalue weighted by Crippen LogP contribution is 2.36. The SMILES string of the molecule is N#Cc1ccc(CCNc2ncc(C#N)c(CC3CC(C(N)=O)C3)n2)cc1. The van der Waals surface area contributed by atoms with Crippen LogP contribution in [0.4, 0.5) is 5.95 Å². The third kappa shape index (κ3) is 4.59. The second-order valence-corrected chi connectivity index (χ2v) is 6.79. The zero-order valence-corrected chi connectivity index (χ0v) is 14.9. The molecule has 0 aliphatic heterocycles. The topological polar surface area (TPSA) is 128 Å². The molecule has 7 heteroatoms. The number of carbonyl (C=O) groups excluding carboxylic acids is 1. The molecule has 0 saturated heterocycles. The third-order valence-electron chi connectivity index (χ3n) is 4.89. The van der Waals surface area contributed by atoms with Crippen LogP contribution in [0.5, 0.6) is 0 Å². The average Bonchev–Trinajstić information content (AvgIpc) is 2.64. The van der Waals surface area contributed by atoms with Crippen LogP contribution < -0.4 is 11.1 Å². The van der Waals surface area contributed by atoms with E-state index in [4.69, 9.17) is 11.0 Å². The van der Waals surface area contributed by atoms with Gasteiger partial charge < -0.3 is 11.1 Å². The van der Waals surface area contributed by atoms with Crippen molar-refractivity contribution in [3.8, 4) is 12.1 Å². The van der Waals surface area contributed by atoms with E-state index in [1.165, 1.54) is 6.20 Å². The van der Waals surface area contributed by atoms with E-state index in [0.717, 1.165) is 24.8 Å². The number of primary amides is 1. The highest BCUT2D eigenvalue weighted by molar-refractivity contribution is 5.77. The molecule has 0 spiro atoms. The lowest BCUT2D eigenvalue weighted by Gasteiger charge is -2.32. The first-order valence-electron chi connectivity index (χ1n) is 8.87. The number of amides is 1. The molecule has 1 aromatic heterocycles. The van der Waals surface area contributed by atoms with Gasteiger partial charge in [-0.1, -0.05) is 12.1 Å². The molecule has 2 aromatic rings. The molecule has 0 atom stereocenters. The Labute approximate surface area is 157 Å². The molecule has 1 aromatic carbocycles. The fraction of sp³-hybridized carbons (Fsp3) is 0.350.